The zero-order valence-electron chi connectivity index (χ0n) is 16.8. The number of carbonyl (C=O) groups is 2. The summed E-state index contributed by atoms with van der Waals surface area (Å²) in [6, 6.07) is 11.9. The molecule has 0 fully saturated rings. The van der Waals surface area contributed by atoms with Crippen molar-refractivity contribution in [2.24, 2.45) is 5.92 Å². The lowest BCUT2D eigenvalue weighted by molar-refractivity contribution is -0.125. The van der Waals surface area contributed by atoms with E-state index in [4.69, 9.17) is 18.9 Å². The van der Waals surface area contributed by atoms with Crippen LogP contribution in [0.5, 0.6) is 17.2 Å². The fourth-order valence-corrected chi connectivity index (χ4v) is 3.07. The third kappa shape index (κ3) is 5.19. The van der Waals surface area contributed by atoms with E-state index in [1.807, 2.05) is 32.0 Å². The van der Waals surface area contributed by atoms with Crippen molar-refractivity contribution in [2.45, 2.75) is 19.9 Å². The molecule has 2 aromatic carbocycles. The SMILES string of the molecule is COc1cccc(C(=O)OCC(=O)N[C@@H](c2ccc3c(c2)OCCO3)C(C)C)c1. The van der Waals surface area contributed by atoms with E-state index in [0.717, 1.165) is 5.56 Å². The summed E-state index contributed by atoms with van der Waals surface area (Å²) in [7, 11) is 1.52. The average Bonchev–Trinajstić information content (AvgIpc) is 2.75. The largest absolute Gasteiger partial charge is 0.497 e. The van der Waals surface area contributed by atoms with Gasteiger partial charge in [-0.3, -0.25) is 4.79 Å². The van der Waals surface area contributed by atoms with Crippen molar-refractivity contribution in [1.82, 2.24) is 5.32 Å². The Labute approximate surface area is 169 Å². The van der Waals surface area contributed by atoms with Crippen LogP contribution in [-0.4, -0.2) is 38.8 Å². The number of rotatable bonds is 7. The minimum absolute atomic E-state index is 0.121. The van der Waals surface area contributed by atoms with Crippen LogP contribution in [0.1, 0.15) is 35.8 Å². The zero-order chi connectivity index (χ0) is 20.8. The molecule has 2 aromatic rings. The molecule has 1 heterocycles. The Hall–Kier alpha value is -3.22. The Morgan fingerprint density at radius 3 is 2.55 bits per heavy atom. The second-order valence-corrected chi connectivity index (χ2v) is 7.00. The topological polar surface area (TPSA) is 83.1 Å². The van der Waals surface area contributed by atoms with Crippen molar-refractivity contribution in [3.05, 3.63) is 53.6 Å². The molecule has 3 rings (SSSR count). The van der Waals surface area contributed by atoms with Gasteiger partial charge in [0.25, 0.3) is 5.91 Å². The highest BCUT2D eigenvalue weighted by Crippen LogP contribution is 2.34. The molecule has 0 aliphatic carbocycles. The summed E-state index contributed by atoms with van der Waals surface area (Å²) < 4.78 is 21.4. The maximum Gasteiger partial charge on any atom is 0.338 e. The number of fused-ring (bicyclic) bond motifs is 1. The molecular formula is C22H25NO6. The summed E-state index contributed by atoms with van der Waals surface area (Å²) in [5.41, 5.74) is 1.22. The standard InChI is InChI=1S/C22H25NO6/c1-14(2)21(15-7-8-18-19(12-15)28-10-9-27-18)23-20(24)13-29-22(25)16-5-4-6-17(11-16)26-3/h4-8,11-12,14,21H,9-10,13H2,1-3H3,(H,23,24)/t21-/m1/s1. The van der Waals surface area contributed by atoms with Crippen LogP contribution in [-0.2, 0) is 9.53 Å². The summed E-state index contributed by atoms with van der Waals surface area (Å²) in [6.07, 6.45) is 0. The van der Waals surface area contributed by atoms with E-state index in [0.29, 0.717) is 36.0 Å². The van der Waals surface area contributed by atoms with Gasteiger partial charge in [0.15, 0.2) is 18.1 Å². The van der Waals surface area contributed by atoms with Gasteiger partial charge in [0.2, 0.25) is 0 Å². The van der Waals surface area contributed by atoms with Gasteiger partial charge in [0.05, 0.1) is 18.7 Å². The van der Waals surface area contributed by atoms with Crippen LogP contribution in [0, 0.1) is 5.92 Å². The molecule has 0 unspecified atom stereocenters. The van der Waals surface area contributed by atoms with Gasteiger partial charge in [-0.15, -0.1) is 0 Å². The van der Waals surface area contributed by atoms with Crippen molar-refractivity contribution >= 4 is 11.9 Å². The first kappa shape index (κ1) is 20.5. The van der Waals surface area contributed by atoms with Gasteiger partial charge in [-0.2, -0.15) is 0 Å². The number of methoxy groups -OCH3 is 1. The van der Waals surface area contributed by atoms with E-state index in [2.05, 4.69) is 5.32 Å². The van der Waals surface area contributed by atoms with E-state index in [1.165, 1.54) is 7.11 Å². The molecule has 0 saturated carbocycles. The van der Waals surface area contributed by atoms with E-state index in [9.17, 15) is 9.59 Å². The first-order chi connectivity index (χ1) is 14.0. The Kier molecular flexibility index (Phi) is 6.59. The van der Waals surface area contributed by atoms with Crippen molar-refractivity contribution < 1.29 is 28.5 Å². The number of esters is 1. The van der Waals surface area contributed by atoms with Crippen molar-refractivity contribution in [2.75, 3.05) is 26.9 Å². The number of ether oxygens (including phenoxy) is 4. The summed E-state index contributed by atoms with van der Waals surface area (Å²) >= 11 is 0. The molecule has 154 valence electrons. The molecule has 1 amide bonds. The van der Waals surface area contributed by atoms with Crippen LogP contribution in [0.15, 0.2) is 42.5 Å². The molecule has 7 nitrogen and oxygen atoms in total. The maximum atomic E-state index is 12.4. The maximum absolute atomic E-state index is 12.4. The lowest BCUT2D eigenvalue weighted by Gasteiger charge is -2.25. The predicted molar refractivity (Wildman–Crippen MR) is 106 cm³/mol. The molecule has 1 atom stereocenters. The minimum atomic E-state index is -0.584. The van der Waals surface area contributed by atoms with Crippen molar-refractivity contribution in [3.8, 4) is 17.2 Å². The van der Waals surface area contributed by atoms with Crippen LogP contribution >= 0.6 is 0 Å². The highest BCUT2D eigenvalue weighted by molar-refractivity contribution is 5.91. The molecule has 1 aliphatic rings. The van der Waals surface area contributed by atoms with Crippen molar-refractivity contribution in [3.63, 3.8) is 0 Å². The Morgan fingerprint density at radius 1 is 1.07 bits per heavy atom. The molecular weight excluding hydrogens is 374 g/mol. The van der Waals surface area contributed by atoms with Gasteiger partial charge < -0.3 is 24.3 Å². The second-order valence-electron chi connectivity index (χ2n) is 7.00. The van der Waals surface area contributed by atoms with E-state index in [-0.39, 0.29) is 24.5 Å². The summed E-state index contributed by atoms with van der Waals surface area (Å²) in [6.45, 7) is 4.66. The van der Waals surface area contributed by atoms with E-state index >= 15 is 0 Å². The van der Waals surface area contributed by atoms with Gasteiger partial charge >= 0.3 is 5.97 Å². The third-order valence-electron chi connectivity index (χ3n) is 4.55. The van der Waals surface area contributed by atoms with Gasteiger partial charge in [-0.1, -0.05) is 26.0 Å². The zero-order valence-corrected chi connectivity index (χ0v) is 16.8. The smallest absolute Gasteiger partial charge is 0.338 e. The normalized spacial score (nSPS) is 13.5. The molecule has 1 aliphatic heterocycles. The monoisotopic (exact) mass is 399 g/mol. The molecule has 0 saturated heterocycles. The number of hydrogen-bond acceptors (Lipinski definition) is 6. The predicted octanol–water partition coefficient (Wildman–Crippen LogP) is 3.14. The van der Waals surface area contributed by atoms with Gasteiger partial charge in [-0.05, 0) is 41.8 Å². The quantitative estimate of drug-likeness (QED) is 0.721. The summed E-state index contributed by atoms with van der Waals surface area (Å²) in [5, 5.41) is 2.93. The third-order valence-corrected chi connectivity index (χ3v) is 4.55. The minimum Gasteiger partial charge on any atom is -0.497 e. The van der Waals surface area contributed by atoms with Gasteiger partial charge in [0, 0.05) is 0 Å². The molecule has 29 heavy (non-hydrogen) atoms. The number of benzene rings is 2. The number of carbonyl (C=O) groups excluding carboxylic acids is 2. The van der Waals surface area contributed by atoms with Crippen LogP contribution in [0.4, 0.5) is 0 Å². The molecule has 0 bridgehead atoms. The summed E-state index contributed by atoms with van der Waals surface area (Å²) in [4.78, 5) is 24.6. The second kappa shape index (κ2) is 9.32. The fraction of sp³-hybridized carbons (Fsp3) is 0.364. The molecule has 7 heteroatoms. The Bertz CT molecular complexity index is 879. The average molecular weight is 399 g/mol. The van der Waals surface area contributed by atoms with Crippen molar-refractivity contribution in [1.29, 1.82) is 0 Å². The number of hydrogen-bond donors (Lipinski definition) is 1. The summed E-state index contributed by atoms with van der Waals surface area (Å²) in [5.74, 6) is 1.06. The highest BCUT2D eigenvalue weighted by atomic mass is 16.6. The van der Waals surface area contributed by atoms with Crippen LogP contribution < -0.4 is 19.5 Å². The lowest BCUT2D eigenvalue weighted by Crippen LogP contribution is -2.35. The first-order valence-electron chi connectivity index (χ1n) is 9.48. The highest BCUT2D eigenvalue weighted by Gasteiger charge is 2.22. The number of nitrogens with one attached hydrogen (secondary N) is 1. The van der Waals surface area contributed by atoms with Crippen LogP contribution in [0.25, 0.3) is 0 Å². The molecule has 0 radical (unpaired) electrons. The van der Waals surface area contributed by atoms with Crippen LogP contribution in [0.2, 0.25) is 0 Å². The Morgan fingerprint density at radius 2 is 1.83 bits per heavy atom. The first-order valence-corrected chi connectivity index (χ1v) is 9.48. The lowest BCUT2D eigenvalue weighted by atomic mass is 9.95. The van der Waals surface area contributed by atoms with E-state index < -0.39 is 5.97 Å². The molecule has 1 N–H and O–H groups in total. The van der Waals surface area contributed by atoms with Crippen LogP contribution in [0.3, 0.4) is 0 Å². The Balaban J connectivity index is 1.62. The van der Waals surface area contributed by atoms with Gasteiger partial charge in [0.1, 0.15) is 19.0 Å². The number of amides is 1. The fourth-order valence-electron chi connectivity index (χ4n) is 3.07. The van der Waals surface area contributed by atoms with E-state index in [1.54, 1.807) is 24.3 Å². The molecule has 0 spiro atoms. The van der Waals surface area contributed by atoms with Gasteiger partial charge in [-0.25, -0.2) is 4.79 Å². The molecule has 0 aromatic heterocycles.